The first-order valence-electron chi connectivity index (χ1n) is 6.13. The third kappa shape index (κ3) is 5.35. The minimum Gasteiger partial charge on any atom is -0.464 e. The van der Waals surface area contributed by atoms with Gasteiger partial charge in [0.15, 0.2) is 0 Å². The molecule has 17 heavy (non-hydrogen) atoms. The zero-order valence-electron chi connectivity index (χ0n) is 11.0. The molecule has 0 aliphatic rings. The lowest BCUT2D eigenvalue weighted by Gasteiger charge is -2.00. The van der Waals surface area contributed by atoms with Crippen molar-refractivity contribution in [3.8, 4) is 0 Å². The van der Waals surface area contributed by atoms with Crippen LogP contribution in [0.15, 0.2) is 10.5 Å². The van der Waals surface area contributed by atoms with Crippen LogP contribution in [-0.4, -0.2) is 26.9 Å². The van der Waals surface area contributed by atoms with Gasteiger partial charge in [0.05, 0.1) is 13.2 Å². The maximum Gasteiger partial charge on any atom is 0.130 e. The number of methoxy groups -OCH3 is 1. The molecule has 0 atom stereocenters. The molecule has 0 aliphatic heterocycles. The van der Waals surface area contributed by atoms with E-state index in [9.17, 15) is 0 Å². The molecule has 0 bridgehead atoms. The predicted molar refractivity (Wildman–Crippen MR) is 67.0 cm³/mol. The molecule has 0 fully saturated rings. The second-order valence-corrected chi connectivity index (χ2v) is 4.02. The average molecular weight is 241 g/mol. The fourth-order valence-electron chi connectivity index (χ4n) is 1.55. The lowest BCUT2D eigenvalue weighted by molar-refractivity contribution is 0.0535. The van der Waals surface area contributed by atoms with Crippen molar-refractivity contribution in [2.24, 2.45) is 0 Å². The van der Waals surface area contributed by atoms with Crippen molar-refractivity contribution in [1.82, 2.24) is 5.32 Å². The quantitative estimate of drug-likeness (QED) is 0.673. The first kappa shape index (κ1) is 14.2. The third-order valence-electron chi connectivity index (χ3n) is 2.49. The van der Waals surface area contributed by atoms with Crippen LogP contribution in [0.4, 0.5) is 0 Å². The highest BCUT2D eigenvalue weighted by Gasteiger charge is 2.06. The molecule has 1 aromatic heterocycles. The van der Waals surface area contributed by atoms with Gasteiger partial charge >= 0.3 is 0 Å². The lowest BCUT2D eigenvalue weighted by Crippen LogP contribution is -2.13. The van der Waals surface area contributed by atoms with Crippen molar-refractivity contribution in [3.05, 3.63) is 23.2 Å². The highest BCUT2D eigenvalue weighted by molar-refractivity contribution is 5.20. The van der Waals surface area contributed by atoms with E-state index in [2.05, 4.69) is 18.3 Å². The zero-order valence-corrected chi connectivity index (χ0v) is 11.0. The largest absolute Gasteiger partial charge is 0.464 e. The number of hydrogen-bond acceptors (Lipinski definition) is 4. The first-order chi connectivity index (χ1) is 8.27. The minimum absolute atomic E-state index is 0.512. The summed E-state index contributed by atoms with van der Waals surface area (Å²) in [6.45, 7) is 7.76. The van der Waals surface area contributed by atoms with Crippen LogP contribution in [0.3, 0.4) is 0 Å². The molecule has 1 aromatic rings. The van der Waals surface area contributed by atoms with E-state index >= 15 is 0 Å². The van der Waals surface area contributed by atoms with Gasteiger partial charge in [-0.3, -0.25) is 0 Å². The molecule has 1 rings (SSSR count). The zero-order chi connectivity index (χ0) is 12.5. The van der Waals surface area contributed by atoms with Crippen LogP contribution in [-0.2, 0) is 22.6 Å². The Morgan fingerprint density at radius 3 is 2.88 bits per heavy atom. The predicted octanol–water partition coefficient (Wildman–Crippen LogP) is 2.25. The average Bonchev–Trinajstić information content (AvgIpc) is 2.66. The molecule has 0 saturated heterocycles. The summed E-state index contributed by atoms with van der Waals surface area (Å²) < 4.78 is 15.9. The van der Waals surface area contributed by atoms with Gasteiger partial charge in [0.25, 0.3) is 0 Å². The molecule has 4 nitrogen and oxygen atoms in total. The Bertz CT molecular complexity index is 310. The van der Waals surface area contributed by atoms with E-state index in [1.54, 1.807) is 7.11 Å². The van der Waals surface area contributed by atoms with E-state index in [-0.39, 0.29) is 0 Å². The van der Waals surface area contributed by atoms with Crippen LogP contribution in [0.5, 0.6) is 0 Å². The molecule has 0 saturated carbocycles. The highest BCUT2D eigenvalue weighted by Crippen LogP contribution is 2.15. The number of ether oxygens (including phenoxy) is 2. The number of furan rings is 1. The monoisotopic (exact) mass is 241 g/mol. The fourth-order valence-corrected chi connectivity index (χ4v) is 1.55. The molecule has 98 valence electrons. The van der Waals surface area contributed by atoms with E-state index in [1.165, 1.54) is 5.56 Å². The number of rotatable bonds is 9. The minimum atomic E-state index is 0.512. The molecule has 1 heterocycles. The Balaban J connectivity index is 2.33. The van der Waals surface area contributed by atoms with E-state index in [0.29, 0.717) is 19.8 Å². The van der Waals surface area contributed by atoms with Crippen LogP contribution in [0.25, 0.3) is 0 Å². The third-order valence-corrected chi connectivity index (χ3v) is 2.49. The van der Waals surface area contributed by atoms with Gasteiger partial charge in [-0.2, -0.15) is 0 Å². The van der Waals surface area contributed by atoms with Crippen molar-refractivity contribution in [1.29, 1.82) is 0 Å². The Labute approximate surface area is 103 Å². The Morgan fingerprint density at radius 2 is 2.18 bits per heavy atom. The standard InChI is InChI=1S/C13H23NO3/c1-4-5-14-9-12-8-13(17-11(12)2)10-16-7-6-15-3/h8,14H,4-7,9-10H2,1-3H3. The summed E-state index contributed by atoms with van der Waals surface area (Å²) in [5.41, 5.74) is 1.21. The van der Waals surface area contributed by atoms with Crippen LogP contribution >= 0.6 is 0 Å². The van der Waals surface area contributed by atoms with Gasteiger partial charge in [0, 0.05) is 19.2 Å². The van der Waals surface area contributed by atoms with Crippen molar-refractivity contribution >= 4 is 0 Å². The molecule has 0 aromatic carbocycles. The normalized spacial score (nSPS) is 11.0. The molecule has 1 N–H and O–H groups in total. The molecule has 0 spiro atoms. The summed E-state index contributed by atoms with van der Waals surface area (Å²) in [6, 6.07) is 2.06. The summed E-state index contributed by atoms with van der Waals surface area (Å²) in [5, 5.41) is 3.36. The van der Waals surface area contributed by atoms with E-state index in [0.717, 1.165) is 31.0 Å². The number of hydrogen-bond donors (Lipinski definition) is 1. The van der Waals surface area contributed by atoms with E-state index < -0.39 is 0 Å². The van der Waals surface area contributed by atoms with Crippen LogP contribution < -0.4 is 5.32 Å². The summed E-state index contributed by atoms with van der Waals surface area (Å²) in [4.78, 5) is 0. The van der Waals surface area contributed by atoms with E-state index in [1.807, 2.05) is 6.92 Å². The molecular formula is C13H23NO3. The van der Waals surface area contributed by atoms with Gasteiger partial charge in [-0.25, -0.2) is 0 Å². The van der Waals surface area contributed by atoms with Gasteiger partial charge in [-0.15, -0.1) is 0 Å². The number of nitrogens with one attached hydrogen (secondary N) is 1. The summed E-state index contributed by atoms with van der Waals surface area (Å²) >= 11 is 0. The first-order valence-corrected chi connectivity index (χ1v) is 6.13. The van der Waals surface area contributed by atoms with Gasteiger partial charge in [-0.1, -0.05) is 6.92 Å². The molecule has 4 heteroatoms. The van der Waals surface area contributed by atoms with Gasteiger partial charge in [-0.05, 0) is 26.0 Å². The summed E-state index contributed by atoms with van der Waals surface area (Å²) in [7, 11) is 1.66. The van der Waals surface area contributed by atoms with Crippen molar-refractivity contribution in [3.63, 3.8) is 0 Å². The smallest absolute Gasteiger partial charge is 0.130 e. The van der Waals surface area contributed by atoms with E-state index in [4.69, 9.17) is 13.9 Å². The molecule has 0 amide bonds. The van der Waals surface area contributed by atoms with Gasteiger partial charge < -0.3 is 19.2 Å². The van der Waals surface area contributed by atoms with Crippen molar-refractivity contribution in [2.45, 2.75) is 33.4 Å². The highest BCUT2D eigenvalue weighted by atomic mass is 16.5. The Hall–Kier alpha value is -0.840. The summed E-state index contributed by atoms with van der Waals surface area (Å²) in [6.07, 6.45) is 1.14. The maximum atomic E-state index is 5.62. The SMILES string of the molecule is CCCNCc1cc(COCCOC)oc1C. The number of aryl methyl sites for hydroxylation is 1. The summed E-state index contributed by atoms with van der Waals surface area (Å²) in [5.74, 6) is 1.85. The molecular weight excluding hydrogens is 218 g/mol. The van der Waals surface area contributed by atoms with Gasteiger partial charge in [0.2, 0.25) is 0 Å². The molecule has 0 aliphatic carbocycles. The lowest BCUT2D eigenvalue weighted by atomic mass is 10.2. The molecule has 0 unspecified atom stereocenters. The Kier molecular flexibility index (Phi) is 6.93. The van der Waals surface area contributed by atoms with Crippen LogP contribution in [0.1, 0.15) is 30.4 Å². The van der Waals surface area contributed by atoms with Crippen LogP contribution in [0, 0.1) is 6.92 Å². The fraction of sp³-hybridized carbons (Fsp3) is 0.692. The Morgan fingerprint density at radius 1 is 1.35 bits per heavy atom. The van der Waals surface area contributed by atoms with Gasteiger partial charge in [0.1, 0.15) is 18.1 Å². The van der Waals surface area contributed by atoms with Crippen LogP contribution in [0.2, 0.25) is 0 Å². The molecule has 0 radical (unpaired) electrons. The van der Waals surface area contributed by atoms with Crippen molar-refractivity contribution in [2.75, 3.05) is 26.9 Å². The topological polar surface area (TPSA) is 43.6 Å². The second kappa shape index (κ2) is 8.28. The second-order valence-electron chi connectivity index (χ2n) is 4.02. The van der Waals surface area contributed by atoms with Crippen molar-refractivity contribution < 1.29 is 13.9 Å². The maximum absolute atomic E-state index is 5.62.